The van der Waals surface area contributed by atoms with Crippen LogP contribution in [0.1, 0.15) is 47.0 Å². The molecule has 0 aliphatic rings. The number of ether oxygens (including phenoxy) is 1. The predicted octanol–water partition coefficient (Wildman–Crippen LogP) is 3.61. The lowest BCUT2D eigenvalue weighted by Gasteiger charge is -2.30. The number of nitrogens with zero attached hydrogens (tertiary/aromatic N) is 2. The number of ketones is 1. The van der Waals surface area contributed by atoms with Crippen molar-refractivity contribution in [3.63, 3.8) is 0 Å². The molecule has 0 unspecified atom stereocenters. The lowest BCUT2D eigenvalue weighted by Crippen LogP contribution is -2.49. The van der Waals surface area contributed by atoms with Crippen LogP contribution in [0.5, 0.6) is 5.75 Å². The maximum absolute atomic E-state index is 13.6. The lowest BCUT2D eigenvalue weighted by atomic mass is 9.94. The summed E-state index contributed by atoms with van der Waals surface area (Å²) >= 11 is 0. The molecule has 0 radical (unpaired) electrons. The summed E-state index contributed by atoms with van der Waals surface area (Å²) in [5.74, 6) is 1.12. The molecule has 1 aromatic carbocycles. The average Bonchev–Trinajstić information content (AvgIpc) is 2.86. The molecule has 0 saturated carbocycles. The fourth-order valence-electron chi connectivity index (χ4n) is 3.86. The van der Waals surface area contributed by atoms with Crippen molar-refractivity contribution in [2.45, 2.75) is 65.1 Å². The normalized spacial score (nSPS) is 14.6. The highest BCUT2D eigenvalue weighted by Gasteiger charge is 2.29. The largest absolute Gasteiger partial charge is 0.497 e. The van der Waals surface area contributed by atoms with E-state index >= 15 is 0 Å². The summed E-state index contributed by atoms with van der Waals surface area (Å²) < 4.78 is 5.24. The lowest BCUT2D eigenvalue weighted by molar-refractivity contribution is -0.124. The summed E-state index contributed by atoms with van der Waals surface area (Å²) in [6.45, 7) is 8.00. The van der Waals surface area contributed by atoms with Crippen molar-refractivity contribution in [2.75, 3.05) is 23.9 Å². The number of aromatic nitrogens is 1. The molecule has 1 heterocycles. The van der Waals surface area contributed by atoms with Crippen LogP contribution < -0.4 is 26.4 Å². The Labute approximate surface area is 209 Å². The highest BCUT2D eigenvalue weighted by atomic mass is 16.5. The van der Waals surface area contributed by atoms with Gasteiger partial charge in [0.05, 0.1) is 19.7 Å². The van der Waals surface area contributed by atoms with E-state index in [4.69, 9.17) is 16.2 Å². The van der Waals surface area contributed by atoms with E-state index in [1.807, 2.05) is 38.1 Å². The first-order chi connectivity index (χ1) is 16.7. The summed E-state index contributed by atoms with van der Waals surface area (Å²) in [4.78, 5) is 32.3. The van der Waals surface area contributed by atoms with E-state index in [0.717, 1.165) is 24.3 Å². The minimum absolute atomic E-state index is 0.0205. The number of benzene rings is 1. The summed E-state index contributed by atoms with van der Waals surface area (Å²) in [5.41, 5.74) is 13.6. The molecule has 4 atom stereocenters. The van der Waals surface area contributed by atoms with E-state index in [1.54, 1.807) is 31.5 Å². The van der Waals surface area contributed by atoms with Crippen LogP contribution in [-0.2, 0) is 9.59 Å². The fourth-order valence-corrected chi connectivity index (χ4v) is 3.86. The number of anilines is 2. The number of nitrogens with two attached hydrogens (primary N) is 2. The monoisotopic (exact) mass is 483 g/mol. The molecule has 8 heteroatoms. The van der Waals surface area contributed by atoms with Crippen molar-refractivity contribution >= 4 is 23.2 Å². The molecule has 2 rings (SSSR count). The highest BCUT2D eigenvalue weighted by Crippen LogP contribution is 2.21. The second-order valence-corrected chi connectivity index (χ2v) is 9.52. The summed E-state index contributed by atoms with van der Waals surface area (Å²) in [6.07, 6.45) is 3.22. The maximum atomic E-state index is 13.6. The molecular weight excluding hydrogens is 442 g/mol. The van der Waals surface area contributed by atoms with Crippen molar-refractivity contribution in [2.24, 2.45) is 23.3 Å². The molecule has 35 heavy (non-hydrogen) atoms. The Bertz CT molecular complexity index is 920. The third-order valence-corrected chi connectivity index (χ3v) is 6.27. The van der Waals surface area contributed by atoms with Gasteiger partial charge >= 0.3 is 0 Å². The van der Waals surface area contributed by atoms with E-state index in [1.165, 1.54) is 4.90 Å². The minimum atomic E-state index is -0.643. The van der Waals surface area contributed by atoms with Gasteiger partial charge in [-0.3, -0.25) is 14.5 Å². The molecule has 192 valence electrons. The number of hydrogen-bond donors (Lipinski definition) is 3. The topological polar surface area (TPSA) is 124 Å². The number of carbonyl (C=O) groups excluding carboxylic acids is 2. The molecule has 2 aromatic rings. The van der Waals surface area contributed by atoms with Crippen molar-refractivity contribution in [3.05, 3.63) is 48.7 Å². The first kappa shape index (κ1) is 28.3. The number of Topliss-reactive ketones (excluding diaryl/α,β-unsaturated/α-hetero) is 1. The first-order valence-electron chi connectivity index (χ1n) is 12.3. The predicted molar refractivity (Wildman–Crippen MR) is 141 cm³/mol. The van der Waals surface area contributed by atoms with Crippen LogP contribution in [0.4, 0.5) is 11.5 Å². The number of hydrogen-bond acceptors (Lipinski definition) is 7. The van der Waals surface area contributed by atoms with Crippen LogP contribution in [-0.4, -0.2) is 48.5 Å². The molecular formula is C27H41N5O3. The van der Waals surface area contributed by atoms with E-state index in [9.17, 15) is 9.59 Å². The third-order valence-electron chi connectivity index (χ3n) is 6.27. The molecule has 0 saturated heterocycles. The van der Waals surface area contributed by atoms with Crippen LogP contribution in [0.3, 0.4) is 0 Å². The quantitative estimate of drug-likeness (QED) is 0.375. The molecule has 1 amide bonds. The number of amides is 1. The second-order valence-electron chi connectivity index (χ2n) is 9.52. The van der Waals surface area contributed by atoms with Gasteiger partial charge in [-0.05, 0) is 54.7 Å². The van der Waals surface area contributed by atoms with Gasteiger partial charge < -0.3 is 21.5 Å². The van der Waals surface area contributed by atoms with Crippen LogP contribution in [0.2, 0.25) is 0 Å². The number of pyridine rings is 1. The SMILES string of the molecule is CC[C@H](C)[C@H](N)C(=O)CN(C(=O)C[C@H](Nc1ccc(OC)cc1)[C@@H](N)CC(C)C)c1ccccn1. The number of carbonyl (C=O) groups is 2. The first-order valence-corrected chi connectivity index (χ1v) is 12.3. The fraction of sp³-hybridized carbons (Fsp3) is 0.519. The minimum Gasteiger partial charge on any atom is -0.497 e. The highest BCUT2D eigenvalue weighted by molar-refractivity contribution is 6.00. The summed E-state index contributed by atoms with van der Waals surface area (Å²) in [7, 11) is 1.61. The average molecular weight is 484 g/mol. The number of methoxy groups -OCH3 is 1. The third kappa shape index (κ3) is 8.64. The van der Waals surface area contributed by atoms with Crippen LogP contribution >= 0.6 is 0 Å². The Balaban J connectivity index is 2.28. The van der Waals surface area contributed by atoms with Crippen LogP contribution in [0.15, 0.2) is 48.7 Å². The Morgan fingerprint density at radius 2 is 1.77 bits per heavy atom. The molecule has 1 aromatic heterocycles. The number of nitrogens with one attached hydrogen (secondary N) is 1. The molecule has 0 aliphatic carbocycles. The van der Waals surface area contributed by atoms with Gasteiger partial charge in [0.1, 0.15) is 11.6 Å². The Morgan fingerprint density at radius 3 is 2.31 bits per heavy atom. The van der Waals surface area contributed by atoms with Crippen LogP contribution in [0, 0.1) is 11.8 Å². The molecule has 0 bridgehead atoms. The standard InChI is InChI=1S/C27H41N5O3/c1-6-19(4)27(29)24(33)17-32(25-9-7-8-14-30-25)26(34)16-23(22(28)15-18(2)3)31-20-10-12-21(35-5)13-11-20/h7-14,18-19,22-23,27,31H,6,15-17,28-29H2,1-5H3/t19-,22-,23-,27-/m0/s1. The zero-order chi connectivity index (χ0) is 26.0. The van der Waals surface area contributed by atoms with Crippen molar-refractivity contribution in [1.29, 1.82) is 0 Å². The Morgan fingerprint density at radius 1 is 1.09 bits per heavy atom. The molecule has 0 aliphatic heterocycles. The van der Waals surface area contributed by atoms with Gasteiger partial charge in [-0.15, -0.1) is 0 Å². The van der Waals surface area contributed by atoms with Gasteiger partial charge in [0.2, 0.25) is 5.91 Å². The Hall–Kier alpha value is -2.97. The van der Waals surface area contributed by atoms with E-state index in [2.05, 4.69) is 24.1 Å². The molecule has 8 nitrogen and oxygen atoms in total. The zero-order valence-electron chi connectivity index (χ0n) is 21.6. The van der Waals surface area contributed by atoms with Gasteiger partial charge in [0, 0.05) is 30.4 Å². The maximum Gasteiger partial charge on any atom is 0.230 e. The van der Waals surface area contributed by atoms with Crippen molar-refractivity contribution in [3.8, 4) is 5.75 Å². The van der Waals surface area contributed by atoms with Crippen molar-refractivity contribution in [1.82, 2.24) is 4.98 Å². The second kappa shape index (κ2) is 13.8. The number of rotatable bonds is 14. The van der Waals surface area contributed by atoms with Gasteiger partial charge in [0.15, 0.2) is 5.78 Å². The van der Waals surface area contributed by atoms with Crippen LogP contribution in [0.25, 0.3) is 0 Å². The molecule has 0 fully saturated rings. The van der Waals surface area contributed by atoms with E-state index < -0.39 is 6.04 Å². The van der Waals surface area contributed by atoms with Gasteiger partial charge in [0.25, 0.3) is 0 Å². The molecule has 0 spiro atoms. The molecule has 5 N–H and O–H groups in total. The van der Waals surface area contributed by atoms with E-state index in [-0.39, 0.29) is 42.7 Å². The van der Waals surface area contributed by atoms with Gasteiger partial charge in [-0.2, -0.15) is 0 Å². The van der Waals surface area contributed by atoms with Gasteiger partial charge in [-0.1, -0.05) is 40.2 Å². The smallest absolute Gasteiger partial charge is 0.230 e. The zero-order valence-corrected chi connectivity index (χ0v) is 21.6. The summed E-state index contributed by atoms with van der Waals surface area (Å²) in [5, 5.41) is 3.42. The van der Waals surface area contributed by atoms with Crippen molar-refractivity contribution < 1.29 is 14.3 Å². The van der Waals surface area contributed by atoms with E-state index in [0.29, 0.717) is 11.7 Å². The summed E-state index contributed by atoms with van der Waals surface area (Å²) in [6, 6.07) is 11.5. The van der Waals surface area contributed by atoms with Gasteiger partial charge in [-0.25, -0.2) is 4.98 Å². The Kier molecular flexibility index (Phi) is 11.1.